The Morgan fingerprint density at radius 3 is 2.46 bits per heavy atom. The third-order valence-electron chi connectivity index (χ3n) is 3.78. The largest absolute Gasteiger partial charge is 0.319 e. The Hall–Kier alpha value is -2.99. The normalized spacial score (nSPS) is 10.6. The molecule has 0 spiro atoms. The highest BCUT2D eigenvalue weighted by atomic mass is 35.5. The number of para-hydroxylation sites is 1. The third-order valence-corrected chi connectivity index (χ3v) is 4.13. The van der Waals surface area contributed by atoms with Gasteiger partial charge in [0.1, 0.15) is 17.2 Å². The maximum atomic E-state index is 13.9. The fraction of sp³-hybridized carbons (Fsp3) is 0.0526. The highest BCUT2D eigenvalue weighted by molar-refractivity contribution is 6.31. The second-order valence-electron chi connectivity index (χ2n) is 5.49. The van der Waals surface area contributed by atoms with Gasteiger partial charge in [0, 0.05) is 16.8 Å². The summed E-state index contributed by atoms with van der Waals surface area (Å²) in [5.41, 5.74) is -0.726. The molecule has 3 rings (SSSR count). The van der Waals surface area contributed by atoms with Crippen molar-refractivity contribution in [3.63, 3.8) is 0 Å². The average molecular weight is 375 g/mol. The number of carbonyl (C=O) groups is 1. The first-order valence-electron chi connectivity index (χ1n) is 7.65. The fourth-order valence-corrected chi connectivity index (χ4v) is 2.66. The van der Waals surface area contributed by atoms with Gasteiger partial charge in [0.25, 0.3) is 11.5 Å². The Kier molecular flexibility index (Phi) is 5.14. The van der Waals surface area contributed by atoms with E-state index in [0.29, 0.717) is 0 Å². The van der Waals surface area contributed by atoms with Crippen molar-refractivity contribution in [3.05, 3.63) is 98.9 Å². The number of pyridine rings is 1. The lowest BCUT2D eigenvalue weighted by molar-refractivity contribution is 0.102. The van der Waals surface area contributed by atoms with Gasteiger partial charge in [-0.25, -0.2) is 8.78 Å². The van der Waals surface area contributed by atoms with Crippen molar-refractivity contribution < 1.29 is 13.6 Å². The Bertz CT molecular complexity index is 1010. The molecule has 0 unspecified atom stereocenters. The molecule has 3 aromatic rings. The fourth-order valence-electron chi connectivity index (χ4n) is 2.44. The molecule has 1 heterocycles. The van der Waals surface area contributed by atoms with Crippen molar-refractivity contribution >= 4 is 23.2 Å². The lowest BCUT2D eigenvalue weighted by atomic mass is 10.2. The zero-order valence-electron chi connectivity index (χ0n) is 13.4. The van der Waals surface area contributed by atoms with Crippen LogP contribution in [0.5, 0.6) is 0 Å². The van der Waals surface area contributed by atoms with E-state index in [1.54, 1.807) is 6.07 Å². The lowest BCUT2D eigenvalue weighted by Gasteiger charge is -2.11. The number of nitrogens with zero attached hydrogens (tertiary/aromatic N) is 1. The number of aromatic nitrogens is 1. The minimum absolute atomic E-state index is 0.0375. The molecule has 1 aromatic heterocycles. The molecular formula is C19H13ClF2N2O2. The highest BCUT2D eigenvalue weighted by Crippen LogP contribution is 2.19. The van der Waals surface area contributed by atoms with Gasteiger partial charge in [-0.15, -0.1) is 0 Å². The third kappa shape index (κ3) is 3.65. The van der Waals surface area contributed by atoms with Crippen molar-refractivity contribution in [1.82, 2.24) is 4.57 Å². The summed E-state index contributed by atoms with van der Waals surface area (Å²) in [6, 6.07) is 12.6. The van der Waals surface area contributed by atoms with Crippen LogP contribution in [0.1, 0.15) is 15.9 Å². The molecule has 0 bridgehead atoms. The summed E-state index contributed by atoms with van der Waals surface area (Å²) in [5.74, 6) is -1.92. The van der Waals surface area contributed by atoms with E-state index in [4.69, 9.17) is 11.6 Å². The molecule has 0 fully saturated rings. The van der Waals surface area contributed by atoms with Gasteiger partial charge in [0.15, 0.2) is 0 Å². The first-order chi connectivity index (χ1) is 12.5. The zero-order valence-corrected chi connectivity index (χ0v) is 14.1. The molecule has 0 saturated heterocycles. The number of benzene rings is 2. The number of nitrogens with one attached hydrogen (secondary N) is 1. The standard InChI is InChI=1S/C19H13ClF2N2O2/c20-14-6-3-8-15(21)13(14)11-24-10-4-5-12(19(24)26)18(25)23-17-9-2-1-7-16(17)22/h1-10H,11H2,(H,23,25). The van der Waals surface area contributed by atoms with E-state index < -0.39 is 23.1 Å². The summed E-state index contributed by atoms with van der Waals surface area (Å²) in [6.45, 7) is -0.134. The monoisotopic (exact) mass is 374 g/mol. The Balaban J connectivity index is 1.91. The predicted molar refractivity (Wildman–Crippen MR) is 95.6 cm³/mol. The molecule has 26 heavy (non-hydrogen) atoms. The Morgan fingerprint density at radius 1 is 1.00 bits per heavy atom. The molecule has 0 atom stereocenters. The topological polar surface area (TPSA) is 51.1 Å². The molecule has 1 N–H and O–H groups in total. The van der Waals surface area contributed by atoms with Crippen molar-refractivity contribution in [3.8, 4) is 0 Å². The van der Waals surface area contributed by atoms with Gasteiger partial charge in [-0.2, -0.15) is 0 Å². The number of rotatable bonds is 4. The van der Waals surface area contributed by atoms with Gasteiger partial charge in [0.05, 0.1) is 12.2 Å². The minimum Gasteiger partial charge on any atom is -0.319 e. The van der Waals surface area contributed by atoms with E-state index in [2.05, 4.69) is 5.32 Å². The van der Waals surface area contributed by atoms with Gasteiger partial charge < -0.3 is 9.88 Å². The van der Waals surface area contributed by atoms with E-state index in [9.17, 15) is 18.4 Å². The second-order valence-corrected chi connectivity index (χ2v) is 5.90. The number of hydrogen-bond donors (Lipinski definition) is 1. The zero-order chi connectivity index (χ0) is 18.7. The Morgan fingerprint density at radius 2 is 1.73 bits per heavy atom. The summed E-state index contributed by atoms with van der Waals surface area (Å²) in [6.07, 6.45) is 1.42. The summed E-state index contributed by atoms with van der Waals surface area (Å²) < 4.78 is 28.8. The maximum absolute atomic E-state index is 13.9. The molecule has 132 valence electrons. The van der Waals surface area contributed by atoms with Crippen LogP contribution in [0, 0.1) is 11.6 Å². The number of carbonyl (C=O) groups excluding carboxylic acids is 1. The SMILES string of the molecule is O=C(Nc1ccccc1F)c1cccn(Cc2c(F)cccc2Cl)c1=O. The Labute approximate surface area is 152 Å². The number of hydrogen-bond acceptors (Lipinski definition) is 2. The number of anilines is 1. The van der Waals surface area contributed by atoms with Crippen LogP contribution in [0.2, 0.25) is 5.02 Å². The van der Waals surface area contributed by atoms with E-state index in [0.717, 1.165) is 0 Å². The van der Waals surface area contributed by atoms with Gasteiger partial charge in [-0.1, -0.05) is 29.8 Å². The summed E-state index contributed by atoms with van der Waals surface area (Å²) in [4.78, 5) is 24.9. The summed E-state index contributed by atoms with van der Waals surface area (Å²) in [5, 5.41) is 2.53. The second kappa shape index (κ2) is 7.49. The van der Waals surface area contributed by atoms with Crippen LogP contribution < -0.4 is 10.9 Å². The molecule has 0 aliphatic rings. The van der Waals surface area contributed by atoms with Crippen LogP contribution in [-0.2, 0) is 6.54 Å². The molecule has 1 amide bonds. The van der Waals surface area contributed by atoms with Crippen LogP contribution in [0.4, 0.5) is 14.5 Å². The molecule has 7 heteroatoms. The van der Waals surface area contributed by atoms with Crippen LogP contribution >= 0.6 is 11.6 Å². The average Bonchev–Trinajstić information content (AvgIpc) is 2.61. The van der Waals surface area contributed by atoms with Gasteiger partial charge in [-0.3, -0.25) is 9.59 Å². The van der Waals surface area contributed by atoms with Crippen LogP contribution in [0.25, 0.3) is 0 Å². The first-order valence-corrected chi connectivity index (χ1v) is 8.03. The van der Waals surface area contributed by atoms with Crippen molar-refractivity contribution in [2.24, 2.45) is 0 Å². The van der Waals surface area contributed by atoms with Gasteiger partial charge >= 0.3 is 0 Å². The first kappa shape index (κ1) is 17.8. The van der Waals surface area contributed by atoms with Gasteiger partial charge in [0.2, 0.25) is 0 Å². The number of halogens is 3. The predicted octanol–water partition coefficient (Wildman–Crippen LogP) is 4.08. The molecule has 0 saturated carbocycles. The number of amides is 1. The van der Waals surface area contributed by atoms with Crippen molar-refractivity contribution in [2.45, 2.75) is 6.54 Å². The van der Waals surface area contributed by atoms with E-state index >= 15 is 0 Å². The van der Waals surface area contributed by atoms with Crippen LogP contribution in [-0.4, -0.2) is 10.5 Å². The lowest BCUT2D eigenvalue weighted by Crippen LogP contribution is -2.29. The van der Waals surface area contributed by atoms with Crippen molar-refractivity contribution in [1.29, 1.82) is 0 Å². The highest BCUT2D eigenvalue weighted by Gasteiger charge is 2.15. The smallest absolute Gasteiger partial charge is 0.263 e. The van der Waals surface area contributed by atoms with Crippen LogP contribution in [0.3, 0.4) is 0 Å². The summed E-state index contributed by atoms with van der Waals surface area (Å²) in [7, 11) is 0. The molecule has 0 radical (unpaired) electrons. The molecule has 2 aromatic carbocycles. The van der Waals surface area contributed by atoms with Crippen molar-refractivity contribution in [2.75, 3.05) is 5.32 Å². The van der Waals surface area contributed by atoms with E-state index in [-0.39, 0.29) is 28.4 Å². The maximum Gasteiger partial charge on any atom is 0.263 e. The minimum atomic E-state index is -0.755. The van der Waals surface area contributed by atoms with Gasteiger partial charge in [-0.05, 0) is 36.4 Å². The van der Waals surface area contributed by atoms with E-state index in [1.807, 2.05) is 0 Å². The quantitative estimate of drug-likeness (QED) is 0.748. The molecular weight excluding hydrogens is 362 g/mol. The summed E-state index contributed by atoms with van der Waals surface area (Å²) >= 11 is 5.98. The van der Waals surface area contributed by atoms with E-state index in [1.165, 1.54) is 59.3 Å². The van der Waals surface area contributed by atoms with Crippen LogP contribution in [0.15, 0.2) is 65.6 Å². The molecule has 0 aliphatic heterocycles. The molecule has 0 aliphatic carbocycles. The molecule has 4 nitrogen and oxygen atoms in total.